The standard InChI is InChI=1S/C22H10F12/c23-19(24,25)15-5-13(6-16(9-15)20(26,27)28)11-1-2-12(4-3-11)14-7-17(21(29,30)31)10-18(8-14)22(32,33)34/h1-10H. The Balaban J connectivity index is 2.10. The molecule has 0 saturated heterocycles. The van der Waals surface area contributed by atoms with Crippen molar-refractivity contribution in [2.75, 3.05) is 0 Å². The molecule has 0 aliphatic rings. The predicted molar refractivity (Wildman–Crippen MR) is 97.3 cm³/mol. The second-order valence-electron chi connectivity index (χ2n) is 7.17. The third-order valence-corrected chi connectivity index (χ3v) is 4.73. The number of hydrogen-bond acceptors (Lipinski definition) is 0. The Bertz CT molecular complexity index is 1020. The highest BCUT2D eigenvalue weighted by atomic mass is 19.4. The van der Waals surface area contributed by atoms with Gasteiger partial charge in [0.15, 0.2) is 0 Å². The van der Waals surface area contributed by atoms with Crippen LogP contribution in [0.4, 0.5) is 52.7 Å². The zero-order valence-electron chi connectivity index (χ0n) is 16.3. The molecule has 0 aliphatic heterocycles. The topological polar surface area (TPSA) is 0 Å². The average molecular weight is 502 g/mol. The van der Waals surface area contributed by atoms with Crippen LogP contribution in [0.15, 0.2) is 60.7 Å². The highest BCUT2D eigenvalue weighted by Gasteiger charge is 2.38. The molecule has 3 rings (SSSR count). The van der Waals surface area contributed by atoms with Crippen LogP contribution in [-0.2, 0) is 24.7 Å². The molecule has 0 N–H and O–H groups in total. The Kier molecular flexibility index (Phi) is 6.17. The van der Waals surface area contributed by atoms with Crippen LogP contribution in [0.25, 0.3) is 22.3 Å². The van der Waals surface area contributed by atoms with Crippen molar-refractivity contribution in [2.24, 2.45) is 0 Å². The molecule has 34 heavy (non-hydrogen) atoms. The van der Waals surface area contributed by atoms with Crippen molar-refractivity contribution in [1.29, 1.82) is 0 Å². The first-order valence-corrected chi connectivity index (χ1v) is 9.05. The maximum absolute atomic E-state index is 13.1. The van der Waals surface area contributed by atoms with E-state index in [2.05, 4.69) is 0 Å². The summed E-state index contributed by atoms with van der Waals surface area (Å²) in [5, 5.41) is 0. The van der Waals surface area contributed by atoms with Crippen molar-refractivity contribution in [1.82, 2.24) is 0 Å². The predicted octanol–water partition coefficient (Wildman–Crippen LogP) is 9.10. The van der Waals surface area contributed by atoms with E-state index in [1.807, 2.05) is 0 Å². The molecule has 12 heteroatoms. The highest BCUT2D eigenvalue weighted by Crippen LogP contribution is 2.41. The highest BCUT2D eigenvalue weighted by molar-refractivity contribution is 5.72. The van der Waals surface area contributed by atoms with Gasteiger partial charge in [-0.15, -0.1) is 0 Å². The fourth-order valence-electron chi connectivity index (χ4n) is 3.10. The van der Waals surface area contributed by atoms with E-state index < -0.39 is 58.1 Å². The van der Waals surface area contributed by atoms with Gasteiger partial charge in [0.1, 0.15) is 0 Å². The summed E-state index contributed by atoms with van der Waals surface area (Å²) in [6.45, 7) is 0. The molecule has 0 saturated carbocycles. The first-order chi connectivity index (χ1) is 15.4. The van der Waals surface area contributed by atoms with Gasteiger partial charge in [-0.1, -0.05) is 24.3 Å². The Hall–Kier alpha value is -3.18. The van der Waals surface area contributed by atoms with Crippen LogP contribution >= 0.6 is 0 Å². The monoisotopic (exact) mass is 502 g/mol. The summed E-state index contributed by atoms with van der Waals surface area (Å²) >= 11 is 0. The summed E-state index contributed by atoms with van der Waals surface area (Å²) in [5.41, 5.74) is -7.61. The molecule has 182 valence electrons. The Morgan fingerprint density at radius 1 is 0.294 bits per heavy atom. The minimum absolute atomic E-state index is 0.0703. The van der Waals surface area contributed by atoms with Crippen molar-refractivity contribution in [3.63, 3.8) is 0 Å². The van der Waals surface area contributed by atoms with Gasteiger partial charge < -0.3 is 0 Å². The summed E-state index contributed by atoms with van der Waals surface area (Å²) < 4.78 is 157. The van der Waals surface area contributed by atoms with E-state index in [0.717, 1.165) is 24.3 Å². The Morgan fingerprint density at radius 2 is 0.500 bits per heavy atom. The fourth-order valence-corrected chi connectivity index (χ4v) is 3.10. The first kappa shape index (κ1) is 25.4. The molecule has 3 aromatic carbocycles. The van der Waals surface area contributed by atoms with Crippen LogP contribution in [0, 0.1) is 0 Å². The molecule has 0 spiro atoms. The molecule has 0 bridgehead atoms. The third kappa shape index (κ3) is 5.65. The minimum Gasteiger partial charge on any atom is -0.166 e. The Labute approximate surface area is 183 Å². The summed E-state index contributed by atoms with van der Waals surface area (Å²) in [5.74, 6) is 0. The van der Waals surface area contributed by atoms with Gasteiger partial charge in [-0.2, -0.15) is 52.7 Å². The van der Waals surface area contributed by atoms with Crippen molar-refractivity contribution in [2.45, 2.75) is 24.7 Å². The normalized spacial score (nSPS) is 13.3. The van der Waals surface area contributed by atoms with E-state index in [4.69, 9.17) is 0 Å². The van der Waals surface area contributed by atoms with Gasteiger partial charge >= 0.3 is 24.7 Å². The van der Waals surface area contributed by atoms with Crippen LogP contribution in [-0.4, -0.2) is 0 Å². The molecule has 0 amide bonds. The van der Waals surface area contributed by atoms with E-state index in [9.17, 15) is 52.7 Å². The summed E-state index contributed by atoms with van der Waals surface area (Å²) in [6.07, 6.45) is -20.4. The van der Waals surface area contributed by atoms with E-state index in [-0.39, 0.29) is 23.3 Å². The molecule has 0 aromatic heterocycles. The number of hydrogen-bond donors (Lipinski definition) is 0. The van der Waals surface area contributed by atoms with E-state index in [1.54, 1.807) is 0 Å². The lowest BCUT2D eigenvalue weighted by Gasteiger charge is -2.16. The molecule has 0 fully saturated rings. The van der Waals surface area contributed by atoms with Gasteiger partial charge in [0.25, 0.3) is 0 Å². The average Bonchev–Trinajstić information content (AvgIpc) is 2.70. The van der Waals surface area contributed by atoms with Gasteiger partial charge in [0.2, 0.25) is 0 Å². The zero-order valence-corrected chi connectivity index (χ0v) is 16.3. The lowest BCUT2D eigenvalue weighted by molar-refractivity contribution is -0.144. The van der Waals surface area contributed by atoms with E-state index in [0.29, 0.717) is 24.3 Å². The molecular weight excluding hydrogens is 492 g/mol. The molecule has 3 aromatic rings. The van der Waals surface area contributed by atoms with E-state index in [1.165, 1.54) is 0 Å². The number of halogens is 12. The Morgan fingerprint density at radius 3 is 0.676 bits per heavy atom. The molecule has 0 atom stereocenters. The molecule has 0 unspecified atom stereocenters. The third-order valence-electron chi connectivity index (χ3n) is 4.73. The summed E-state index contributed by atoms with van der Waals surface area (Å²) in [7, 11) is 0. The van der Waals surface area contributed by atoms with Crippen LogP contribution in [0.2, 0.25) is 0 Å². The molecule has 0 heterocycles. The van der Waals surface area contributed by atoms with Crippen LogP contribution in [0.5, 0.6) is 0 Å². The van der Waals surface area contributed by atoms with Crippen molar-refractivity contribution >= 4 is 0 Å². The number of rotatable bonds is 2. The SMILES string of the molecule is FC(F)(F)c1cc(-c2ccc(-c3cc(C(F)(F)F)cc(C(F)(F)F)c3)cc2)cc(C(F)(F)F)c1. The van der Waals surface area contributed by atoms with Crippen molar-refractivity contribution in [3.8, 4) is 22.3 Å². The molecular formula is C22H10F12. The van der Waals surface area contributed by atoms with Crippen LogP contribution in [0.3, 0.4) is 0 Å². The minimum atomic E-state index is -5.10. The van der Waals surface area contributed by atoms with Gasteiger partial charge in [0, 0.05) is 0 Å². The fraction of sp³-hybridized carbons (Fsp3) is 0.182. The molecule has 0 radical (unpaired) electrons. The zero-order chi connectivity index (χ0) is 25.7. The number of alkyl halides is 12. The quantitative estimate of drug-likeness (QED) is 0.307. The largest absolute Gasteiger partial charge is 0.416 e. The lowest BCUT2D eigenvalue weighted by atomic mass is 9.95. The van der Waals surface area contributed by atoms with Gasteiger partial charge in [-0.25, -0.2) is 0 Å². The second-order valence-corrected chi connectivity index (χ2v) is 7.17. The maximum Gasteiger partial charge on any atom is 0.416 e. The first-order valence-electron chi connectivity index (χ1n) is 9.05. The van der Waals surface area contributed by atoms with Crippen molar-refractivity contribution in [3.05, 3.63) is 82.9 Å². The van der Waals surface area contributed by atoms with E-state index >= 15 is 0 Å². The maximum atomic E-state index is 13.1. The van der Waals surface area contributed by atoms with Crippen molar-refractivity contribution < 1.29 is 52.7 Å². The molecule has 0 aliphatic carbocycles. The van der Waals surface area contributed by atoms with Crippen LogP contribution in [0.1, 0.15) is 22.3 Å². The van der Waals surface area contributed by atoms with Crippen LogP contribution < -0.4 is 0 Å². The number of benzene rings is 3. The lowest BCUT2D eigenvalue weighted by Crippen LogP contribution is -2.11. The summed E-state index contributed by atoms with van der Waals surface area (Å²) in [4.78, 5) is 0. The second kappa shape index (κ2) is 8.24. The summed E-state index contributed by atoms with van der Waals surface area (Å²) in [6, 6.07) is 5.67. The smallest absolute Gasteiger partial charge is 0.166 e. The van der Waals surface area contributed by atoms with Gasteiger partial charge in [-0.05, 0) is 58.7 Å². The van der Waals surface area contributed by atoms with Gasteiger partial charge in [-0.3, -0.25) is 0 Å². The molecule has 0 nitrogen and oxygen atoms in total. The van der Waals surface area contributed by atoms with Gasteiger partial charge in [0.05, 0.1) is 22.3 Å².